The minimum absolute atomic E-state index is 0.000601. The Labute approximate surface area is 182 Å². The number of hydrogen-bond donors (Lipinski definition) is 4. The zero-order valence-corrected chi connectivity index (χ0v) is 17.6. The number of rotatable bonds is 9. The summed E-state index contributed by atoms with van der Waals surface area (Å²) >= 11 is 1.12. The van der Waals surface area contributed by atoms with Crippen LogP contribution in [-0.4, -0.2) is 52.1 Å². The molecule has 0 bridgehead atoms. The topological polar surface area (TPSA) is 149 Å². The molecule has 11 nitrogen and oxygen atoms in total. The molecule has 0 aliphatic heterocycles. The maximum atomic E-state index is 12.2. The highest BCUT2D eigenvalue weighted by molar-refractivity contribution is 7.99. The maximum Gasteiger partial charge on any atom is 0.264 e. The van der Waals surface area contributed by atoms with E-state index in [4.69, 9.17) is 15.3 Å². The summed E-state index contributed by atoms with van der Waals surface area (Å²) in [6.07, 6.45) is 1.47. The van der Waals surface area contributed by atoms with E-state index in [-0.39, 0.29) is 23.4 Å². The summed E-state index contributed by atoms with van der Waals surface area (Å²) in [4.78, 5) is 12.2. The lowest BCUT2D eigenvalue weighted by Gasteiger charge is -2.07. The molecule has 0 atom stereocenters. The van der Waals surface area contributed by atoms with Crippen LogP contribution in [0.4, 0.5) is 11.6 Å². The van der Waals surface area contributed by atoms with Gasteiger partial charge in [0.25, 0.3) is 5.95 Å². The first-order valence-corrected chi connectivity index (χ1v) is 9.92. The van der Waals surface area contributed by atoms with Crippen LogP contribution in [0.15, 0.2) is 52.7 Å². The lowest BCUT2D eigenvalue weighted by Crippen LogP contribution is -2.16. The standard InChI is InChI=1S/C19H21N7O4S/c1-29-14-5-3-4-13(9-14)22-17(28)11-31-19-25-24-18(26(19)20)23-21-10-12-6-7-16(30-2)15(27)8-12/h3-10,27H,11,20H2,1-2H3,(H,22,28)(H,23,24)/b21-10+. The van der Waals surface area contributed by atoms with Gasteiger partial charge in [-0.15, -0.1) is 10.2 Å². The molecule has 31 heavy (non-hydrogen) atoms. The molecule has 12 heteroatoms. The normalized spacial score (nSPS) is 10.8. The number of nitrogens with one attached hydrogen (secondary N) is 2. The number of methoxy groups -OCH3 is 2. The molecule has 5 N–H and O–H groups in total. The molecule has 0 fully saturated rings. The van der Waals surface area contributed by atoms with Gasteiger partial charge in [0.2, 0.25) is 11.1 Å². The highest BCUT2D eigenvalue weighted by Crippen LogP contribution is 2.25. The Hall–Kier alpha value is -3.93. The van der Waals surface area contributed by atoms with Crippen molar-refractivity contribution in [3.05, 3.63) is 48.0 Å². The van der Waals surface area contributed by atoms with Crippen LogP contribution in [0.5, 0.6) is 17.2 Å². The monoisotopic (exact) mass is 443 g/mol. The largest absolute Gasteiger partial charge is 0.504 e. The first kappa shape index (κ1) is 21.8. The molecule has 1 heterocycles. The van der Waals surface area contributed by atoms with Gasteiger partial charge in [0, 0.05) is 11.8 Å². The fourth-order valence-electron chi connectivity index (χ4n) is 2.43. The van der Waals surface area contributed by atoms with Crippen LogP contribution < -0.4 is 26.1 Å². The minimum atomic E-state index is -0.229. The van der Waals surface area contributed by atoms with Gasteiger partial charge >= 0.3 is 0 Å². The van der Waals surface area contributed by atoms with E-state index in [2.05, 4.69) is 26.0 Å². The molecule has 3 rings (SSSR count). The number of phenols is 1. The van der Waals surface area contributed by atoms with Gasteiger partial charge in [-0.1, -0.05) is 17.8 Å². The van der Waals surface area contributed by atoms with Crippen molar-refractivity contribution in [2.75, 3.05) is 36.6 Å². The van der Waals surface area contributed by atoms with E-state index >= 15 is 0 Å². The number of aromatic hydroxyl groups is 1. The Kier molecular flexibility index (Phi) is 7.17. The average Bonchev–Trinajstić information content (AvgIpc) is 3.12. The second kappa shape index (κ2) is 10.2. The number of anilines is 2. The number of thioether (sulfide) groups is 1. The summed E-state index contributed by atoms with van der Waals surface area (Å²) in [5.41, 5.74) is 3.93. The summed E-state index contributed by atoms with van der Waals surface area (Å²) in [5, 5.41) is 24.8. The zero-order valence-electron chi connectivity index (χ0n) is 16.8. The zero-order chi connectivity index (χ0) is 22.2. The molecular formula is C19H21N7O4S. The number of benzene rings is 2. The van der Waals surface area contributed by atoms with Crippen LogP contribution in [0.3, 0.4) is 0 Å². The van der Waals surface area contributed by atoms with Gasteiger partial charge in [-0.25, -0.2) is 10.1 Å². The predicted molar refractivity (Wildman–Crippen MR) is 118 cm³/mol. The molecule has 0 aliphatic rings. The van der Waals surface area contributed by atoms with Gasteiger partial charge in [-0.3, -0.25) is 4.79 Å². The highest BCUT2D eigenvalue weighted by atomic mass is 32.2. The maximum absolute atomic E-state index is 12.2. The number of phenolic OH excluding ortho intramolecular Hbond substituents is 1. The fourth-order valence-corrected chi connectivity index (χ4v) is 3.09. The number of ether oxygens (including phenoxy) is 2. The Morgan fingerprint density at radius 3 is 2.84 bits per heavy atom. The molecule has 0 saturated heterocycles. The number of hydrogen-bond acceptors (Lipinski definition) is 10. The Bertz CT molecular complexity index is 1090. The van der Waals surface area contributed by atoms with E-state index in [1.807, 2.05) is 0 Å². The Morgan fingerprint density at radius 2 is 2.10 bits per heavy atom. The van der Waals surface area contributed by atoms with Crippen LogP contribution >= 0.6 is 11.8 Å². The van der Waals surface area contributed by atoms with Crippen molar-refractivity contribution < 1.29 is 19.4 Å². The van der Waals surface area contributed by atoms with Gasteiger partial charge < -0.3 is 25.7 Å². The smallest absolute Gasteiger partial charge is 0.264 e. The molecular weight excluding hydrogens is 422 g/mol. The SMILES string of the molecule is COc1cccc(NC(=O)CSc2nnc(N/N=C/c3ccc(OC)c(O)c3)n2N)c1. The highest BCUT2D eigenvalue weighted by Gasteiger charge is 2.12. The van der Waals surface area contributed by atoms with Crippen molar-refractivity contribution >= 4 is 35.5 Å². The Balaban J connectivity index is 1.53. The van der Waals surface area contributed by atoms with Gasteiger partial charge in [-0.05, 0) is 35.9 Å². The molecule has 0 saturated carbocycles. The summed E-state index contributed by atoms with van der Waals surface area (Å²) in [6.45, 7) is 0. The van der Waals surface area contributed by atoms with E-state index in [1.54, 1.807) is 43.5 Å². The van der Waals surface area contributed by atoms with Gasteiger partial charge in [0.1, 0.15) is 5.75 Å². The van der Waals surface area contributed by atoms with Crippen LogP contribution in [-0.2, 0) is 4.79 Å². The lowest BCUT2D eigenvalue weighted by atomic mass is 10.2. The number of aromatic nitrogens is 3. The van der Waals surface area contributed by atoms with E-state index in [0.29, 0.717) is 27.9 Å². The van der Waals surface area contributed by atoms with Crippen molar-refractivity contribution in [1.29, 1.82) is 0 Å². The van der Waals surface area contributed by atoms with Crippen LogP contribution in [0.25, 0.3) is 0 Å². The fraction of sp³-hybridized carbons (Fsp3) is 0.158. The van der Waals surface area contributed by atoms with Crippen LogP contribution in [0.1, 0.15) is 5.56 Å². The molecule has 1 aromatic heterocycles. The van der Waals surface area contributed by atoms with Crippen LogP contribution in [0.2, 0.25) is 0 Å². The molecule has 162 valence electrons. The number of carbonyl (C=O) groups is 1. The summed E-state index contributed by atoms with van der Waals surface area (Å²) < 4.78 is 11.3. The molecule has 0 radical (unpaired) electrons. The van der Waals surface area contributed by atoms with Crippen molar-refractivity contribution in [3.63, 3.8) is 0 Å². The number of nitrogen functional groups attached to an aromatic ring is 1. The third-order valence-electron chi connectivity index (χ3n) is 3.93. The van der Waals surface area contributed by atoms with Gasteiger partial charge in [0.05, 0.1) is 26.2 Å². The Morgan fingerprint density at radius 1 is 1.26 bits per heavy atom. The second-order valence-electron chi connectivity index (χ2n) is 6.05. The summed E-state index contributed by atoms with van der Waals surface area (Å²) in [7, 11) is 3.03. The van der Waals surface area contributed by atoms with Crippen LogP contribution in [0, 0.1) is 0 Å². The van der Waals surface area contributed by atoms with Crippen molar-refractivity contribution in [2.45, 2.75) is 5.16 Å². The number of amides is 1. The van der Waals surface area contributed by atoms with E-state index < -0.39 is 0 Å². The van der Waals surface area contributed by atoms with Crippen molar-refractivity contribution in [3.8, 4) is 17.2 Å². The summed E-state index contributed by atoms with van der Waals surface area (Å²) in [5.74, 6) is 7.00. The third kappa shape index (κ3) is 5.79. The second-order valence-corrected chi connectivity index (χ2v) is 6.99. The van der Waals surface area contributed by atoms with E-state index in [0.717, 1.165) is 11.8 Å². The average molecular weight is 443 g/mol. The molecule has 2 aromatic carbocycles. The number of hydrazone groups is 1. The molecule has 0 unspecified atom stereocenters. The number of nitrogens with two attached hydrogens (primary N) is 1. The summed E-state index contributed by atoms with van der Waals surface area (Å²) in [6, 6.07) is 11.9. The van der Waals surface area contributed by atoms with Crippen molar-refractivity contribution in [1.82, 2.24) is 14.9 Å². The van der Waals surface area contributed by atoms with E-state index in [1.165, 1.54) is 24.1 Å². The molecule has 3 aromatic rings. The van der Waals surface area contributed by atoms with E-state index in [9.17, 15) is 9.90 Å². The first-order chi connectivity index (χ1) is 15.0. The number of carbonyl (C=O) groups excluding carboxylic acids is 1. The minimum Gasteiger partial charge on any atom is -0.504 e. The molecule has 0 spiro atoms. The molecule has 0 aliphatic carbocycles. The molecule has 1 amide bonds. The first-order valence-electron chi connectivity index (χ1n) is 8.93. The van der Waals surface area contributed by atoms with Gasteiger partial charge in [-0.2, -0.15) is 5.10 Å². The predicted octanol–water partition coefficient (Wildman–Crippen LogP) is 1.89. The van der Waals surface area contributed by atoms with Gasteiger partial charge in [0.15, 0.2) is 11.5 Å². The van der Waals surface area contributed by atoms with Crippen molar-refractivity contribution in [2.24, 2.45) is 5.10 Å². The number of nitrogens with zero attached hydrogens (tertiary/aromatic N) is 4. The third-order valence-corrected chi connectivity index (χ3v) is 4.87. The quantitative estimate of drug-likeness (QED) is 0.168. The lowest BCUT2D eigenvalue weighted by molar-refractivity contribution is -0.113.